The van der Waals surface area contributed by atoms with Gasteiger partial charge < -0.3 is 5.32 Å². The van der Waals surface area contributed by atoms with Crippen molar-refractivity contribution in [3.63, 3.8) is 0 Å². The van der Waals surface area contributed by atoms with Crippen LogP contribution in [-0.4, -0.2) is 11.5 Å². The summed E-state index contributed by atoms with van der Waals surface area (Å²) in [6.07, 6.45) is 0. The highest BCUT2D eigenvalue weighted by Crippen LogP contribution is 2.29. The summed E-state index contributed by atoms with van der Waals surface area (Å²) < 4.78 is 1.14. The fourth-order valence-electron chi connectivity index (χ4n) is 1.55. The number of halogens is 1. The molecule has 94 valence electrons. The second kappa shape index (κ2) is 6.81. The second-order valence-electron chi connectivity index (χ2n) is 3.76. The van der Waals surface area contributed by atoms with E-state index < -0.39 is 0 Å². The Morgan fingerprint density at radius 1 is 1.17 bits per heavy atom. The van der Waals surface area contributed by atoms with Crippen LogP contribution in [0.3, 0.4) is 0 Å². The highest BCUT2D eigenvalue weighted by atomic mass is 79.9. The van der Waals surface area contributed by atoms with Crippen LogP contribution in [0.2, 0.25) is 0 Å². The number of nitrogens with one attached hydrogen (secondary N) is 1. The van der Waals surface area contributed by atoms with Crippen LogP contribution in [0, 0.1) is 0 Å². The van der Waals surface area contributed by atoms with E-state index in [1.54, 1.807) is 11.8 Å². The molecule has 0 saturated heterocycles. The van der Waals surface area contributed by atoms with Gasteiger partial charge in [0.1, 0.15) is 5.82 Å². The maximum Gasteiger partial charge on any atom is 0.126 e. The van der Waals surface area contributed by atoms with E-state index in [1.165, 1.54) is 4.90 Å². The number of thioether (sulfide) groups is 1. The van der Waals surface area contributed by atoms with E-state index in [0.717, 1.165) is 28.3 Å². The normalized spacial score (nSPS) is 10.3. The molecule has 1 heterocycles. The van der Waals surface area contributed by atoms with Gasteiger partial charge in [0.05, 0.1) is 5.69 Å². The molecule has 0 spiro atoms. The van der Waals surface area contributed by atoms with Crippen molar-refractivity contribution in [2.24, 2.45) is 0 Å². The molecule has 0 bridgehead atoms. The van der Waals surface area contributed by atoms with Crippen LogP contribution in [0.4, 0.5) is 5.82 Å². The molecule has 2 nitrogen and oxygen atoms in total. The third kappa shape index (κ3) is 3.75. The maximum atomic E-state index is 4.56. The number of pyridine rings is 1. The first-order valence-corrected chi connectivity index (χ1v) is 7.64. The van der Waals surface area contributed by atoms with Gasteiger partial charge in [-0.3, -0.25) is 0 Å². The maximum absolute atomic E-state index is 4.56. The zero-order valence-electron chi connectivity index (χ0n) is 10.2. The molecule has 0 unspecified atom stereocenters. The molecular formula is C14H15BrN2S. The molecule has 1 N–H and O–H groups in total. The molecule has 0 radical (unpaired) electrons. The first-order chi connectivity index (χ1) is 8.79. The second-order valence-corrected chi connectivity index (χ2v) is 5.64. The standard InChI is InChI=1S/C14H15BrN2S/c1-2-16-14-9-5-6-11(17-14)10-18-13-8-4-3-7-12(13)15/h3-9H,2,10H2,1H3,(H,16,17). The number of nitrogens with zero attached hydrogens (tertiary/aromatic N) is 1. The lowest BCUT2D eigenvalue weighted by atomic mass is 10.4. The first kappa shape index (κ1) is 13.4. The summed E-state index contributed by atoms with van der Waals surface area (Å²) in [6, 6.07) is 14.4. The number of hydrogen-bond donors (Lipinski definition) is 1. The van der Waals surface area contributed by atoms with Gasteiger partial charge in [0, 0.05) is 21.7 Å². The van der Waals surface area contributed by atoms with Crippen molar-refractivity contribution in [2.45, 2.75) is 17.6 Å². The Kier molecular flexibility index (Phi) is 5.08. The van der Waals surface area contributed by atoms with Crippen LogP contribution in [-0.2, 0) is 5.75 Å². The van der Waals surface area contributed by atoms with Crippen molar-refractivity contribution >= 4 is 33.5 Å². The lowest BCUT2D eigenvalue weighted by molar-refractivity contribution is 1.11. The molecule has 0 atom stereocenters. The number of rotatable bonds is 5. The number of hydrogen-bond acceptors (Lipinski definition) is 3. The highest BCUT2D eigenvalue weighted by molar-refractivity contribution is 9.10. The van der Waals surface area contributed by atoms with Crippen molar-refractivity contribution < 1.29 is 0 Å². The van der Waals surface area contributed by atoms with Crippen LogP contribution in [0.25, 0.3) is 0 Å². The Morgan fingerprint density at radius 2 is 2.00 bits per heavy atom. The van der Waals surface area contributed by atoms with Gasteiger partial charge in [0.2, 0.25) is 0 Å². The third-order valence-electron chi connectivity index (χ3n) is 2.38. The van der Waals surface area contributed by atoms with Crippen molar-refractivity contribution in [2.75, 3.05) is 11.9 Å². The predicted octanol–water partition coefficient (Wildman–Crippen LogP) is 4.57. The lowest BCUT2D eigenvalue weighted by Gasteiger charge is -2.06. The monoisotopic (exact) mass is 322 g/mol. The van der Waals surface area contributed by atoms with E-state index in [4.69, 9.17) is 0 Å². The predicted molar refractivity (Wildman–Crippen MR) is 82.1 cm³/mol. The van der Waals surface area contributed by atoms with Gasteiger partial charge in [-0.1, -0.05) is 18.2 Å². The van der Waals surface area contributed by atoms with Crippen LogP contribution < -0.4 is 5.32 Å². The Hall–Kier alpha value is -1.000. The Labute approximate surface area is 120 Å². The highest BCUT2D eigenvalue weighted by Gasteiger charge is 2.02. The molecule has 0 amide bonds. The minimum Gasteiger partial charge on any atom is -0.370 e. The van der Waals surface area contributed by atoms with E-state index >= 15 is 0 Å². The molecule has 0 aliphatic carbocycles. The van der Waals surface area contributed by atoms with E-state index in [-0.39, 0.29) is 0 Å². The molecule has 0 saturated carbocycles. The number of benzene rings is 1. The first-order valence-electron chi connectivity index (χ1n) is 5.86. The Bertz CT molecular complexity index is 517. The fraction of sp³-hybridized carbons (Fsp3) is 0.214. The third-order valence-corrected chi connectivity index (χ3v) is 4.44. The molecular weight excluding hydrogens is 308 g/mol. The topological polar surface area (TPSA) is 24.9 Å². The molecule has 4 heteroatoms. The summed E-state index contributed by atoms with van der Waals surface area (Å²) in [4.78, 5) is 5.80. The summed E-state index contributed by atoms with van der Waals surface area (Å²) in [6.45, 7) is 2.97. The van der Waals surface area contributed by atoms with Gasteiger partial charge in [-0.05, 0) is 47.1 Å². The van der Waals surface area contributed by atoms with Crippen LogP contribution >= 0.6 is 27.7 Å². The minimum absolute atomic E-state index is 0.877. The average molecular weight is 323 g/mol. The molecule has 18 heavy (non-hydrogen) atoms. The molecule has 0 aliphatic rings. The smallest absolute Gasteiger partial charge is 0.126 e. The Morgan fingerprint density at radius 3 is 2.78 bits per heavy atom. The lowest BCUT2D eigenvalue weighted by Crippen LogP contribution is -2.00. The van der Waals surface area contributed by atoms with Gasteiger partial charge in [-0.15, -0.1) is 11.8 Å². The van der Waals surface area contributed by atoms with Gasteiger partial charge in [-0.25, -0.2) is 4.98 Å². The van der Waals surface area contributed by atoms with Crippen LogP contribution in [0.5, 0.6) is 0 Å². The van der Waals surface area contributed by atoms with Gasteiger partial charge in [0.15, 0.2) is 0 Å². The molecule has 0 fully saturated rings. The minimum atomic E-state index is 0.877. The van der Waals surface area contributed by atoms with E-state index in [9.17, 15) is 0 Å². The summed E-state index contributed by atoms with van der Waals surface area (Å²) in [5, 5.41) is 3.23. The molecule has 2 rings (SSSR count). The molecule has 1 aromatic carbocycles. The van der Waals surface area contributed by atoms with Crippen molar-refractivity contribution in [1.82, 2.24) is 4.98 Å². The summed E-state index contributed by atoms with van der Waals surface area (Å²) in [5.41, 5.74) is 1.09. The summed E-state index contributed by atoms with van der Waals surface area (Å²) >= 11 is 5.35. The summed E-state index contributed by atoms with van der Waals surface area (Å²) in [7, 11) is 0. The quantitative estimate of drug-likeness (QED) is 0.816. The van der Waals surface area contributed by atoms with Crippen molar-refractivity contribution in [1.29, 1.82) is 0 Å². The fourth-order valence-corrected chi connectivity index (χ4v) is 3.03. The van der Waals surface area contributed by atoms with E-state index in [0.29, 0.717) is 0 Å². The van der Waals surface area contributed by atoms with Gasteiger partial charge in [-0.2, -0.15) is 0 Å². The zero-order chi connectivity index (χ0) is 12.8. The van der Waals surface area contributed by atoms with Crippen LogP contribution in [0.1, 0.15) is 12.6 Å². The molecule has 1 aromatic heterocycles. The zero-order valence-corrected chi connectivity index (χ0v) is 12.6. The van der Waals surface area contributed by atoms with Gasteiger partial charge >= 0.3 is 0 Å². The SMILES string of the molecule is CCNc1cccc(CSc2ccccc2Br)n1. The van der Waals surface area contributed by atoms with E-state index in [1.807, 2.05) is 18.2 Å². The molecule has 0 aliphatic heterocycles. The average Bonchev–Trinajstić information content (AvgIpc) is 2.39. The van der Waals surface area contributed by atoms with Crippen molar-refractivity contribution in [3.05, 3.63) is 52.6 Å². The van der Waals surface area contributed by atoms with Gasteiger partial charge in [0.25, 0.3) is 0 Å². The van der Waals surface area contributed by atoms with Crippen LogP contribution in [0.15, 0.2) is 51.8 Å². The van der Waals surface area contributed by atoms with Crippen molar-refractivity contribution in [3.8, 4) is 0 Å². The summed E-state index contributed by atoms with van der Waals surface area (Å²) in [5.74, 6) is 1.82. The number of aromatic nitrogens is 1. The number of anilines is 1. The largest absolute Gasteiger partial charge is 0.370 e. The van der Waals surface area contributed by atoms with E-state index in [2.05, 4.69) is 57.4 Å². The Balaban J connectivity index is 2.02. The molecule has 2 aromatic rings.